The Labute approximate surface area is 211 Å². The first-order valence-corrected chi connectivity index (χ1v) is 12.4. The zero-order chi connectivity index (χ0) is 24.5. The molecule has 178 valence electrons. The molecule has 0 spiro atoms. The van der Waals surface area contributed by atoms with Gasteiger partial charge in [-0.05, 0) is 64.7 Å². The van der Waals surface area contributed by atoms with E-state index < -0.39 is 5.97 Å². The van der Waals surface area contributed by atoms with E-state index >= 15 is 0 Å². The zero-order valence-electron chi connectivity index (χ0n) is 19.2. The highest BCUT2D eigenvalue weighted by molar-refractivity contribution is 9.10. The van der Waals surface area contributed by atoms with Gasteiger partial charge >= 0.3 is 5.97 Å². The molecule has 2 aromatic carbocycles. The number of rotatable bonds is 10. The van der Waals surface area contributed by atoms with Crippen LogP contribution in [0.1, 0.15) is 40.2 Å². The van der Waals surface area contributed by atoms with Crippen LogP contribution in [0, 0.1) is 0 Å². The molecule has 0 aliphatic carbocycles. The molecule has 0 fully saturated rings. The van der Waals surface area contributed by atoms with E-state index in [4.69, 9.17) is 14.2 Å². The number of halogens is 1. The molecule has 0 atom stereocenters. The average molecular weight is 544 g/mol. The van der Waals surface area contributed by atoms with Crippen molar-refractivity contribution in [1.82, 2.24) is 0 Å². The minimum Gasteiger partial charge on any atom is -0.493 e. The summed E-state index contributed by atoms with van der Waals surface area (Å²) in [5, 5.41) is 3.27. The smallest absolute Gasteiger partial charge is 0.341 e. The van der Waals surface area contributed by atoms with E-state index in [1.165, 1.54) is 17.4 Å². The Hall–Kier alpha value is -3.10. The van der Waals surface area contributed by atoms with Gasteiger partial charge in [-0.2, -0.15) is 0 Å². The Morgan fingerprint density at radius 2 is 1.88 bits per heavy atom. The van der Waals surface area contributed by atoms with Crippen molar-refractivity contribution in [3.05, 3.63) is 80.6 Å². The fourth-order valence-electron chi connectivity index (χ4n) is 3.10. The largest absolute Gasteiger partial charge is 0.493 e. The van der Waals surface area contributed by atoms with Crippen molar-refractivity contribution in [3.63, 3.8) is 0 Å². The number of methoxy groups -OCH3 is 1. The topological polar surface area (TPSA) is 73.9 Å². The predicted molar refractivity (Wildman–Crippen MR) is 139 cm³/mol. The van der Waals surface area contributed by atoms with Crippen LogP contribution in [-0.2, 0) is 22.6 Å². The number of benzene rings is 2. The van der Waals surface area contributed by atoms with E-state index in [9.17, 15) is 9.59 Å². The van der Waals surface area contributed by atoms with Crippen molar-refractivity contribution in [3.8, 4) is 11.5 Å². The lowest BCUT2D eigenvalue weighted by molar-refractivity contribution is -0.111. The predicted octanol–water partition coefficient (Wildman–Crippen LogP) is 6.49. The van der Waals surface area contributed by atoms with Gasteiger partial charge in [0, 0.05) is 11.0 Å². The normalized spacial score (nSPS) is 10.8. The second-order valence-electron chi connectivity index (χ2n) is 7.16. The molecule has 6 nitrogen and oxygen atoms in total. The van der Waals surface area contributed by atoms with Crippen LogP contribution >= 0.6 is 27.3 Å². The van der Waals surface area contributed by atoms with Crippen LogP contribution < -0.4 is 14.8 Å². The highest BCUT2D eigenvalue weighted by Crippen LogP contribution is 2.37. The van der Waals surface area contributed by atoms with Gasteiger partial charge in [0.05, 0.1) is 23.8 Å². The molecule has 0 saturated carbocycles. The first-order valence-electron chi connectivity index (χ1n) is 10.8. The third kappa shape index (κ3) is 6.71. The van der Waals surface area contributed by atoms with Gasteiger partial charge in [0.2, 0.25) is 5.91 Å². The second-order valence-corrected chi connectivity index (χ2v) is 9.15. The first kappa shape index (κ1) is 25.5. The number of hydrogen-bond acceptors (Lipinski definition) is 6. The molecule has 1 amide bonds. The van der Waals surface area contributed by atoms with Gasteiger partial charge in [-0.1, -0.05) is 37.3 Å². The molecule has 0 saturated heterocycles. The zero-order valence-corrected chi connectivity index (χ0v) is 21.6. The molecule has 34 heavy (non-hydrogen) atoms. The number of amides is 1. The fourth-order valence-corrected chi connectivity index (χ4v) is 4.66. The highest BCUT2D eigenvalue weighted by Gasteiger charge is 2.18. The van der Waals surface area contributed by atoms with Crippen molar-refractivity contribution in [2.75, 3.05) is 19.0 Å². The number of esters is 1. The number of hydrogen-bond donors (Lipinski definition) is 1. The first-order chi connectivity index (χ1) is 16.4. The molecular formula is C26H26BrNO5S. The molecule has 0 unspecified atom stereocenters. The second kappa shape index (κ2) is 12.4. The Balaban J connectivity index is 1.73. The lowest BCUT2D eigenvalue weighted by atomic mass is 10.2. The molecule has 8 heteroatoms. The third-order valence-corrected chi connectivity index (χ3v) is 6.55. The lowest BCUT2D eigenvalue weighted by Gasteiger charge is -2.13. The van der Waals surface area contributed by atoms with Crippen LogP contribution in [0.3, 0.4) is 0 Å². The molecule has 1 aromatic heterocycles. The third-order valence-electron chi connectivity index (χ3n) is 4.77. The van der Waals surface area contributed by atoms with Gasteiger partial charge in [-0.25, -0.2) is 4.79 Å². The van der Waals surface area contributed by atoms with Gasteiger partial charge in [0.1, 0.15) is 11.6 Å². The summed E-state index contributed by atoms with van der Waals surface area (Å²) < 4.78 is 17.3. The maximum atomic E-state index is 12.6. The van der Waals surface area contributed by atoms with E-state index in [-0.39, 0.29) is 12.5 Å². The monoisotopic (exact) mass is 543 g/mol. The highest BCUT2D eigenvalue weighted by atomic mass is 79.9. The van der Waals surface area contributed by atoms with Gasteiger partial charge in [-0.15, -0.1) is 11.3 Å². The molecule has 3 aromatic rings. The average Bonchev–Trinajstić information content (AvgIpc) is 3.25. The summed E-state index contributed by atoms with van der Waals surface area (Å²) in [5.74, 6) is 0.325. The van der Waals surface area contributed by atoms with Gasteiger partial charge in [0.25, 0.3) is 0 Å². The van der Waals surface area contributed by atoms with Crippen molar-refractivity contribution in [1.29, 1.82) is 0 Å². The van der Waals surface area contributed by atoms with Gasteiger partial charge < -0.3 is 19.5 Å². The molecular weight excluding hydrogens is 518 g/mol. The maximum Gasteiger partial charge on any atom is 0.341 e. The van der Waals surface area contributed by atoms with Crippen LogP contribution in [-0.4, -0.2) is 25.6 Å². The Bertz CT molecular complexity index is 1170. The van der Waals surface area contributed by atoms with Crippen LogP contribution in [0.15, 0.2) is 59.1 Å². The number of carbonyl (C=O) groups excluding carboxylic acids is 2. The van der Waals surface area contributed by atoms with Crippen LogP contribution in [0.4, 0.5) is 5.00 Å². The Morgan fingerprint density at radius 3 is 2.56 bits per heavy atom. The summed E-state index contributed by atoms with van der Waals surface area (Å²) in [4.78, 5) is 25.8. The summed E-state index contributed by atoms with van der Waals surface area (Å²) in [6, 6.07) is 15.2. The van der Waals surface area contributed by atoms with Crippen molar-refractivity contribution < 1.29 is 23.8 Å². The molecule has 1 N–H and O–H groups in total. The molecule has 0 bridgehead atoms. The summed E-state index contributed by atoms with van der Waals surface area (Å²) >= 11 is 4.90. The van der Waals surface area contributed by atoms with Crippen LogP contribution in [0.25, 0.3) is 6.08 Å². The maximum absolute atomic E-state index is 12.6. The van der Waals surface area contributed by atoms with Crippen molar-refractivity contribution in [2.45, 2.75) is 26.9 Å². The van der Waals surface area contributed by atoms with Crippen molar-refractivity contribution >= 4 is 50.2 Å². The summed E-state index contributed by atoms with van der Waals surface area (Å²) in [5.41, 5.74) is 2.16. The van der Waals surface area contributed by atoms with Crippen LogP contribution in [0.5, 0.6) is 11.5 Å². The Kier molecular flexibility index (Phi) is 9.30. The van der Waals surface area contributed by atoms with E-state index in [1.54, 1.807) is 32.2 Å². The number of anilines is 1. The Morgan fingerprint density at radius 1 is 1.12 bits per heavy atom. The molecule has 3 rings (SSSR count). The van der Waals surface area contributed by atoms with E-state index in [1.807, 2.05) is 43.3 Å². The minimum atomic E-state index is -0.447. The van der Waals surface area contributed by atoms with E-state index in [0.29, 0.717) is 33.1 Å². The van der Waals surface area contributed by atoms with E-state index in [0.717, 1.165) is 22.4 Å². The number of carbonyl (C=O) groups is 2. The quantitative estimate of drug-likeness (QED) is 0.233. The molecule has 0 radical (unpaired) electrons. The molecule has 1 heterocycles. The SMILES string of the molecule is CCOC(=O)c1cc(CC)sc1NC(=O)/C=C/c1cc(Br)c(OCc2ccccc2)c(OC)c1. The van der Waals surface area contributed by atoms with Gasteiger partial charge in [-0.3, -0.25) is 4.79 Å². The summed E-state index contributed by atoms with van der Waals surface area (Å²) in [6.07, 6.45) is 3.84. The fraction of sp³-hybridized carbons (Fsp3) is 0.231. The summed E-state index contributed by atoms with van der Waals surface area (Å²) in [7, 11) is 1.57. The number of thiophene rings is 1. The number of nitrogens with one attached hydrogen (secondary N) is 1. The number of aryl methyl sites for hydroxylation is 1. The number of ether oxygens (including phenoxy) is 3. The lowest BCUT2D eigenvalue weighted by Crippen LogP contribution is -2.11. The molecule has 0 aliphatic rings. The van der Waals surface area contributed by atoms with Crippen LogP contribution in [0.2, 0.25) is 0 Å². The standard InChI is InChI=1S/C26H26BrNO5S/c1-4-19-15-20(26(30)32-5-2)25(34-19)28-23(29)12-11-18-13-21(27)24(22(14-18)31-3)33-16-17-9-7-6-8-10-17/h6-15H,4-5,16H2,1-3H3,(H,28,29)/b12-11+. The van der Waals surface area contributed by atoms with Crippen molar-refractivity contribution in [2.24, 2.45) is 0 Å². The molecule has 0 aliphatic heterocycles. The van der Waals surface area contributed by atoms with Gasteiger partial charge in [0.15, 0.2) is 11.5 Å². The minimum absolute atomic E-state index is 0.269. The summed E-state index contributed by atoms with van der Waals surface area (Å²) in [6.45, 7) is 4.41. The van der Waals surface area contributed by atoms with E-state index in [2.05, 4.69) is 21.2 Å².